The molecular formula is C23H21N3O2S2. The molecule has 5 nitrogen and oxygen atoms in total. The standard InChI is InChI=1S/C23H21N3O2S2/c27-21(13-17-15-29-22(24-17)16-7-2-1-3-8-16)26(14-18-9-6-12-28-18)23-25-19-10-4-5-11-20(19)30-23/h1-5,7-8,10-11,15,18H,6,9,12-14H2/t18-/m0/s1. The highest BCUT2D eigenvalue weighted by Gasteiger charge is 2.26. The van der Waals surface area contributed by atoms with E-state index in [-0.39, 0.29) is 18.4 Å². The summed E-state index contributed by atoms with van der Waals surface area (Å²) in [6.07, 6.45) is 2.34. The summed E-state index contributed by atoms with van der Waals surface area (Å²) < 4.78 is 6.89. The van der Waals surface area contributed by atoms with Crippen molar-refractivity contribution in [1.29, 1.82) is 0 Å². The van der Waals surface area contributed by atoms with E-state index in [2.05, 4.69) is 0 Å². The number of hydrogen-bond acceptors (Lipinski definition) is 6. The predicted octanol–water partition coefficient (Wildman–Crippen LogP) is 5.17. The zero-order valence-electron chi connectivity index (χ0n) is 16.4. The van der Waals surface area contributed by atoms with E-state index in [1.165, 1.54) is 0 Å². The Morgan fingerprint density at radius 3 is 2.73 bits per heavy atom. The average Bonchev–Trinajstić information content (AvgIpc) is 3.53. The van der Waals surface area contributed by atoms with E-state index in [4.69, 9.17) is 14.7 Å². The van der Waals surface area contributed by atoms with Crippen LogP contribution in [0.3, 0.4) is 0 Å². The fourth-order valence-corrected chi connectivity index (χ4v) is 5.42. The van der Waals surface area contributed by atoms with Crippen molar-refractivity contribution in [2.75, 3.05) is 18.1 Å². The van der Waals surface area contributed by atoms with Crippen LogP contribution >= 0.6 is 22.7 Å². The van der Waals surface area contributed by atoms with Crippen LogP contribution in [-0.4, -0.2) is 35.1 Å². The lowest BCUT2D eigenvalue weighted by molar-refractivity contribution is -0.118. The van der Waals surface area contributed by atoms with Crippen LogP contribution in [0, 0.1) is 0 Å². The molecule has 0 radical (unpaired) electrons. The smallest absolute Gasteiger partial charge is 0.234 e. The number of aromatic nitrogens is 2. The van der Waals surface area contributed by atoms with Gasteiger partial charge < -0.3 is 4.74 Å². The van der Waals surface area contributed by atoms with Gasteiger partial charge in [0.05, 0.1) is 35.0 Å². The Kier molecular flexibility index (Phi) is 5.57. The third-order valence-electron chi connectivity index (χ3n) is 5.13. The summed E-state index contributed by atoms with van der Waals surface area (Å²) in [5.41, 5.74) is 2.79. The van der Waals surface area contributed by atoms with E-state index in [1.54, 1.807) is 27.6 Å². The van der Waals surface area contributed by atoms with Crippen LogP contribution in [0.1, 0.15) is 18.5 Å². The van der Waals surface area contributed by atoms with Crippen LogP contribution in [0.2, 0.25) is 0 Å². The highest BCUT2D eigenvalue weighted by Crippen LogP contribution is 2.31. The Labute approximate surface area is 183 Å². The maximum atomic E-state index is 13.3. The number of anilines is 1. The maximum Gasteiger partial charge on any atom is 0.234 e. The summed E-state index contributed by atoms with van der Waals surface area (Å²) in [7, 11) is 0. The van der Waals surface area contributed by atoms with Crippen LogP contribution in [0.15, 0.2) is 60.0 Å². The quantitative estimate of drug-likeness (QED) is 0.419. The highest BCUT2D eigenvalue weighted by molar-refractivity contribution is 7.22. The zero-order chi connectivity index (χ0) is 20.3. The van der Waals surface area contributed by atoms with Gasteiger partial charge in [-0.15, -0.1) is 11.3 Å². The first-order chi connectivity index (χ1) is 14.8. The van der Waals surface area contributed by atoms with Gasteiger partial charge in [-0.3, -0.25) is 9.69 Å². The van der Waals surface area contributed by atoms with E-state index in [1.807, 2.05) is 60.0 Å². The number of para-hydroxylation sites is 1. The molecule has 7 heteroatoms. The number of carbonyl (C=O) groups excluding carboxylic acids is 1. The van der Waals surface area contributed by atoms with Crippen LogP contribution in [-0.2, 0) is 16.0 Å². The molecule has 5 rings (SSSR count). The Hall–Kier alpha value is -2.61. The molecular weight excluding hydrogens is 414 g/mol. The topological polar surface area (TPSA) is 55.3 Å². The third-order valence-corrected chi connectivity index (χ3v) is 7.13. The Morgan fingerprint density at radius 1 is 1.10 bits per heavy atom. The predicted molar refractivity (Wildman–Crippen MR) is 122 cm³/mol. The number of nitrogens with zero attached hydrogens (tertiary/aromatic N) is 3. The number of thiazole rings is 2. The lowest BCUT2D eigenvalue weighted by Crippen LogP contribution is -2.38. The van der Waals surface area contributed by atoms with E-state index < -0.39 is 0 Å². The molecule has 1 aliphatic rings. The minimum Gasteiger partial charge on any atom is -0.376 e. The second-order valence-electron chi connectivity index (χ2n) is 7.29. The molecule has 1 amide bonds. The van der Waals surface area contributed by atoms with Crippen molar-refractivity contribution in [2.24, 2.45) is 0 Å². The van der Waals surface area contributed by atoms with Crippen molar-refractivity contribution in [3.8, 4) is 10.6 Å². The number of fused-ring (bicyclic) bond motifs is 1. The van der Waals surface area contributed by atoms with Crippen molar-refractivity contribution < 1.29 is 9.53 Å². The average molecular weight is 436 g/mol. The van der Waals surface area contributed by atoms with Crippen LogP contribution in [0.5, 0.6) is 0 Å². The summed E-state index contributed by atoms with van der Waals surface area (Å²) in [4.78, 5) is 24.5. The van der Waals surface area contributed by atoms with Crippen molar-refractivity contribution >= 4 is 43.9 Å². The largest absolute Gasteiger partial charge is 0.376 e. The fraction of sp³-hybridized carbons (Fsp3) is 0.261. The van der Waals surface area contributed by atoms with Crippen molar-refractivity contribution in [3.63, 3.8) is 0 Å². The molecule has 30 heavy (non-hydrogen) atoms. The number of rotatable bonds is 6. The first-order valence-corrected chi connectivity index (χ1v) is 11.7. The second-order valence-corrected chi connectivity index (χ2v) is 9.16. The molecule has 1 aliphatic heterocycles. The minimum atomic E-state index is 0.00877. The van der Waals surface area contributed by atoms with E-state index >= 15 is 0 Å². The molecule has 4 aromatic rings. The summed E-state index contributed by atoms with van der Waals surface area (Å²) in [5, 5.41) is 3.64. The van der Waals surface area contributed by atoms with Gasteiger partial charge in [0, 0.05) is 17.6 Å². The summed E-state index contributed by atoms with van der Waals surface area (Å²) in [5.74, 6) is 0.00877. The number of amides is 1. The second kappa shape index (κ2) is 8.63. The molecule has 152 valence electrons. The normalized spacial score (nSPS) is 16.2. The van der Waals surface area contributed by atoms with Gasteiger partial charge in [-0.05, 0) is 25.0 Å². The van der Waals surface area contributed by atoms with Gasteiger partial charge in [0.25, 0.3) is 0 Å². The number of carbonyl (C=O) groups is 1. The molecule has 3 heterocycles. The van der Waals surface area contributed by atoms with E-state index in [0.717, 1.165) is 51.1 Å². The van der Waals surface area contributed by atoms with Crippen molar-refractivity contribution in [2.45, 2.75) is 25.4 Å². The molecule has 1 atom stereocenters. The molecule has 0 bridgehead atoms. The fourth-order valence-electron chi connectivity index (χ4n) is 3.61. The first kappa shape index (κ1) is 19.4. The van der Waals surface area contributed by atoms with Gasteiger partial charge in [0.1, 0.15) is 5.01 Å². The molecule has 0 unspecified atom stereocenters. The summed E-state index contributed by atoms with van der Waals surface area (Å²) >= 11 is 3.12. The number of hydrogen-bond donors (Lipinski definition) is 0. The molecule has 1 fully saturated rings. The van der Waals surface area contributed by atoms with Gasteiger partial charge >= 0.3 is 0 Å². The lowest BCUT2D eigenvalue weighted by Gasteiger charge is -2.22. The van der Waals surface area contributed by atoms with E-state index in [9.17, 15) is 4.79 Å². The molecule has 2 aromatic carbocycles. The van der Waals surface area contributed by atoms with Gasteiger partial charge in [0.2, 0.25) is 5.91 Å². The molecule has 0 spiro atoms. The van der Waals surface area contributed by atoms with E-state index in [0.29, 0.717) is 6.54 Å². The monoisotopic (exact) mass is 435 g/mol. The molecule has 0 aliphatic carbocycles. The lowest BCUT2D eigenvalue weighted by atomic mass is 10.2. The van der Waals surface area contributed by atoms with Crippen LogP contribution < -0.4 is 4.90 Å². The van der Waals surface area contributed by atoms with Crippen LogP contribution in [0.25, 0.3) is 20.8 Å². The first-order valence-electron chi connectivity index (χ1n) is 10.0. The number of ether oxygens (including phenoxy) is 1. The number of benzene rings is 2. The summed E-state index contributed by atoms with van der Waals surface area (Å²) in [6.45, 7) is 1.30. The summed E-state index contributed by atoms with van der Waals surface area (Å²) in [6, 6.07) is 18.0. The molecule has 1 saturated heterocycles. The Balaban J connectivity index is 1.39. The van der Waals surface area contributed by atoms with Gasteiger partial charge in [-0.1, -0.05) is 53.8 Å². The molecule has 0 N–H and O–H groups in total. The maximum absolute atomic E-state index is 13.3. The van der Waals surface area contributed by atoms with Gasteiger partial charge in [-0.2, -0.15) is 0 Å². The minimum absolute atomic E-state index is 0.00877. The Morgan fingerprint density at radius 2 is 1.93 bits per heavy atom. The highest BCUT2D eigenvalue weighted by atomic mass is 32.1. The van der Waals surface area contributed by atoms with Crippen molar-refractivity contribution in [3.05, 3.63) is 65.7 Å². The van der Waals surface area contributed by atoms with Crippen LogP contribution in [0.4, 0.5) is 5.13 Å². The van der Waals surface area contributed by atoms with Gasteiger partial charge in [-0.25, -0.2) is 9.97 Å². The van der Waals surface area contributed by atoms with Gasteiger partial charge in [0.15, 0.2) is 5.13 Å². The Bertz CT molecular complexity index is 1120. The third kappa shape index (κ3) is 4.14. The van der Waals surface area contributed by atoms with Crippen molar-refractivity contribution in [1.82, 2.24) is 9.97 Å². The molecule has 0 saturated carbocycles. The zero-order valence-corrected chi connectivity index (χ0v) is 18.0. The molecule has 2 aromatic heterocycles. The SMILES string of the molecule is O=C(Cc1csc(-c2ccccc2)n1)N(C[C@@H]1CCCO1)c1nc2ccccc2s1.